The molecule has 1 aromatic carbocycles. The third-order valence-corrected chi connectivity index (χ3v) is 5.31. The number of rotatable bonds is 5. The number of nitrogens with zero attached hydrogens (tertiary/aromatic N) is 6. The van der Waals surface area contributed by atoms with E-state index in [2.05, 4.69) is 26.9 Å². The van der Waals surface area contributed by atoms with Gasteiger partial charge >= 0.3 is 0 Å². The Kier molecular flexibility index (Phi) is 4.79. The summed E-state index contributed by atoms with van der Waals surface area (Å²) < 4.78 is 18.0. The van der Waals surface area contributed by atoms with Gasteiger partial charge in [0.2, 0.25) is 0 Å². The van der Waals surface area contributed by atoms with Gasteiger partial charge < -0.3 is 4.57 Å². The molecule has 0 saturated heterocycles. The fourth-order valence-corrected chi connectivity index (χ4v) is 3.52. The number of aryl methyl sites for hydroxylation is 1. The Morgan fingerprint density at radius 1 is 1.25 bits per heavy atom. The predicted octanol–water partition coefficient (Wildman–Crippen LogP) is 4.11. The molecule has 4 rings (SSSR count). The zero-order chi connectivity index (χ0) is 19.7. The standard InChI is InChI=1S/C20H17FN6S/c1-13(15-11-23-26(2)12-15)6-7-19-24-25-20(27(19)3)28-18-9-14-5-4-8-22-17(14)10-16(18)21/h4-12H,1H2,2-3H3/b7-6-. The van der Waals surface area contributed by atoms with E-state index in [0.717, 1.165) is 16.5 Å². The summed E-state index contributed by atoms with van der Waals surface area (Å²) in [6, 6.07) is 6.94. The van der Waals surface area contributed by atoms with E-state index >= 15 is 0 Å². The van der Waals surface area contributed by atoms with Crippen LogP contribution in [0.2, 0.25) is 0 Å². The summed E-state index contributed by atoms with van der Waals surface area (Å²) in [7, 11) is 3.70. The van der Waals surface area contributed by atoms with E-state index in [1.54, 1.807) is 23.1 Å². The Hall–Kier alpha value is -3.26. The van der Waals surface area contributed by atoms with Crippen molar-refractivity contribution in [2.45, 2.75) is 10.1 Å². The fourth-order valence-electron chi connectivity index (χ4n) is 2.67. The minimum absolute atomic E-state index is 0.332. The minimum Gasteiger partial charge on any atom is -0.305 e. The van der Waals surface area contributed by atoms with Gasteiger partial charge in [-0.2, -0.15) is 5.10 Å². The second kappa shape index (κ2) is 7.40. The second-order valence-corrected chi connectivity index (χ2v) is 7.25. The number of hydrogen-bond acceptors (Lipinski definition) is 5. The quantitative estimate of drug-likeness (QED) is 0.478. The zero-order valence-electron chi connectivity index (χ0n) is 15.4. The summed E-state index contributed by atoms with van der Waals surface area (Å²) in [6.07, 6.45) is 8.98. The van der Waals surface area contributed by atoms with Crippen LogP contribution in [0, 0.1) is 5.82 Å². The number of benzene rings is 1. The Labute approximate surface area is 165 Å². The van der Waals surface area contributed by atoms with Crippen molar-refractivity contribution in [3.05, 3.63) is 72.7 Å². The van der Waals surface area contributed by atoms with Crippen molar-refractivity contribution in [3.8, 4) is 0 Å². The van der Waals surface area contributed by atoms with Gasteiger partial charge in [-0.3, -0.25) is 9.67 Å². The highest BCUT2D eigenvalue weighted by molar-refractivity contribution is 7.99. The van der Waals surface area contributed by atoms with Crippen molar-refractivity contribution < 1.29 is 4.39 Å². The molecule has 3 heterocycles. The summed E-state index contributed by atoms with van der Waals surface area (Å²) in [4.78, 5) is 4.65. The lowest BCUT2D eigenvalue weighted by molar-refractivity contribution is 0.603. The molecule has 0 aliphatic rings. The van der Waals surface area contributed by atoms with Crippen LogP contribution in [0.1, 0.15) is 11.4 Å². The van der Waals surface area contributed by atoms with Crippen LogP contribution in [0.4, 0.5) is 4.39 Å². The number of hydrogen-bond donors (Lipinski definition) is 0. The number of aromatic nitrogens is 6. The van der Waals surface area contributed by atoms with E-state index in [-0.39, 0.29) is 5.82 Å². The average molecular weight is 392 g/mol. The van der Waals surface area contributed by atoms with Gasteiger partial charge in [-0.1, -0.05) is 18.7 Å². The smallest absolute Gasteiger partial charge is 0.196 e. The molecule has 8 heteroatoms. The van der Waals surface area contributed by atoms with Gasteiger partial charge in [0, 0.05) is 43.5 Å². The SMILES string of the molecule is C=C(/C=C\c1nnc(Sc2cc3cccnc3cc2F)n1C)c1cnn(C)c1. The molecule has 0 bridgehead atoms. The molecule has 0 saturated carbocycles. The Morgan fingerprint density at radius 3 is 2.89 bits per heavy atom. The first kappa shape index (κ1) is 18.1. The van der Waals surface area contributed by atoms with Crippen molar-refractivity contribution in [2.24, 2.45) is 14.1 Å². The van der Waals surface area contributed by atoms with Crippen LogP contribution in [0.15, 0.2) is 65.6 Å². The van der Waals surface area contributed by atoms with Crippen LogP contribution in [-0.2, 0) is 14.1 Å². The molecule has 0 aliphatic carbocycles. The molecule has 28 heavy (non-hydrogen) atoms. The molecule has 0 spiro atoms. The lowest BCUT2D eigenvalue weighted by atomic mass is 10.1. The van der Waals surface area contributed by atoms with Gasteiger partial charge in [0.25, 0.3) is 0 Å². The predicted molar refractivity (Wildman–Crippen MR) is 108 cm³/mol. The van der Waals surface area contributed by atoms with Crippen molar-refractivity contribution in [2.75, 3.05) is 0 Å². The van der Waals surface area contributed by atoms with Gasteiger partial charge in [0.05, 0.1) is 16.6 Å². The zero-order valence-corrected chi connectivity index (χ0v) is 16.2. The third kappa shape index (κ3) is 3.59. The van der Waals surface area contributed by atoms with Crippen LogP contribution in [0.5, 0.6) is 0 Å². The highest BCUT2D eigenvalue weighted by atomic mass is 32.2. The summed E-state index contributed by atoms with van der Waals surface area (Å²) in [5.74, 6) is 0.316. The molecule has 0 N–H and O–H groups in total. The molecule has 0 unspecified atom stereocenters. The molecule has 0 amide bonds. The van der Waals surface area contributed by atoms with Gasteiger partial charge in [-0.05, 0) is 35.5 Å². The van der Waals surface area contributed by atoms with E-state index in [1.165, 1.54) is 17.8 Å². The van der Waals surface area contributed by atoms with E-state index in [0.29, 0.717) is 21.4 Å². The summed E-state index contributed by atoms with van der Waals surface area (Å²) in [6.45, 7) is 4.04. The van der Waals surface area contributed by atoms with Crippen LogP contribution in [0.25, 0.3) is 22.6 Å². The van der Waals surface area contributed by atoms with Crippen molar-refractivity contribution in [1.82, 2.24) is 29.5 Å². The minimum atomic E-state index is -0.332. The van der Waals surface area contributed by atoms with E-state index < -0.39 is 0 Å². The van der Waals surface area contributed by atoms with E-state index in [9.17, 15) is 4.39 Å². The maximum atomic E-state index is 14.4. The van der Waals surface area contributed by atoms with Crippen molar-refractivity contribution in [1.29, 1.82) is 0 Å². The average Bonchev–Trinajstić information content (AvgIpc) is 3.27. The molecule has 0 fully saturated rings. The van der Waals surface area contributed by atoms with Gasteiger partial charge in [0.15, 0.2) is 11.0 Å². The summed E-state index contributed by atoms with van der Waals surface area (Å²) in [5, 5.41) is 14.0. The van der Waals surface area contributed by atoms with Crippen LogP contribution < -0.4 is 0 Å². The fraction of sp³-hybridized carbons (Fsp3) is 0.100. The van der Waals surface area contributed by atoms with Gasteiger partial charge in [0.1, 0.15) is 5.82 Å². The first-order valence-electron chi connectivity index (χ1n) is 8.49. The maximum Gasteiger partial charge on any atom is 0.196 e. The number of allylic oxidation sites excluding steroid dienone is 2. The molecule has 0 atom stereocenters. The van der Waals surface area contributed by atoms with E-state index in [4.69, 9.17) is 0 Å². The summed E-state index contributed by atoms with van der Waals surface area (Å²) in [5.41, 5.74) is 2.38. The monoisotopic (exact) mass is 392 g/mol. The van der Waals surface area contributed by atoms with Gasteiger partial charge in [-0.25, -0.2) is 4.39 Å². The van der Waals surface area contributed by atoms with Crippen LogP contribution in [-0.4, -0.2) is 29.5 Å². The first-order chi connectivity index (χ1) is 13.5. The van der Waals surface area contributed by atoms with Gasteiger partial charge in [-0.15, -0.1) is 10.2 Å². The number of fused-ring (bicyclic) bond motifs is 1. The molecular formula is C20H17FN6S. The summed E-state index contributed by atoms with van der Waals surface area (Å²) >= 11 is 1.23. The topological polar surface area (TPSA) is 61.4 Å². The molecule has 6 nitrogen and oxygen atoms in total. The van der Waals surface area contributed by atoms with Crippen LogP contribution >= 0.6 is 11.8 Å². The number of pyridine rings is 1. The molecule has 0 radical (unpaired) electrons. The third-order valence-electron chi connectivity index (χ3n) is 4.24. The van der Waals surface area contributed by atoms with Crippen molar-refractivity contribution in [3.63, 3.8) is 0 Å². The highest BCUT2D eigenvalue weighted by Crippen LogP contribution is 2.31. The van der Waals surface area contributed by atoms with E-state index in [1.807, 2.05) is 49.1 Å². The normalized spacial score (nSPS) is 11.5. The molecular weight excluding hydrogens is 375 g/mol. The van der Waals surface area contributed by atoms with Crippen molar-refractivity contribution >= 4 is 34.3 Å². The molecule has 140 valence electrons. The maximum absolute atomic E-state index is 14.4. The largest absolute Gasteiger partial charge is 0.305 e. The highest BCUT2D eigenvalue weighted by Gasteiger charge is 2.13. The molecule has 0 aliphatic heterocycles. The number of halogens is 1. The second-order valence-electron chi connectivity index (χ2n) is 6.24. The Morgan fingerprint density at radius 2 is 2.11 bits per heavy atom. The lowest BCUT2D eigenvalue weighted by Gasteiger charge is -2.05. The van der Waals surface area contributed by atoms with Crippen LogP contribution in [0.3, 0.4) is 0 Å². The molecule has 4 aromatic rings. The molecule has 3 aromatic heterocycles. The Balaban J connectivity index is 1.56. The lowest BCUT2D eigenvalue weighted by Crippen LogP contribution is -1.94. The Bertz CT molecular complexity index is 1210. The first-order valence-corrected chi connectivity index (χ1v) is 9.30.